The molecule has 0 aliphatic heterocycles. The van der Waals surface area contributed by atoms with Gasteiger partial charge in [0.1, 0.15) is 0 Å². The third-order valence-electron chi connectivity index (χ3n) is 5.04. The van der Waals surface area contributed by atoms with Crippen molar-refractivity contribution in [2.24, 2.45) is 0 Å². The summed E-state index contributed by atoms with van der Waals surface area (Å²) in [6.07, 6.45) is 5.12. The van der Waals surface area contributed by atoms with Crippen LogP contribution in [0.2, 0.25) is 0 Å². The predicted molar refractivity (Wildman–Crippen MR) is 110 cm³/mol. The average Bonchev–Trinajstić information content (AvgIpc) is 3.48. The number of aromatic nitrogens is 4. The van der Waals surface area contributed by atoms with Gasteiger partial charge in [0.15, 0.2) is 5.82 Å². The fraction of sp³-hybridized carbons (Fsp3) is 0.136. The Hall–Kier alpha value is -3.87. The molecule has 0 aliphatic carbocycles. The molecule has 0 radical (unpaired) electrons. The van der Waals surface area contributed by atoms with E-state index < -0.39 is 0 Å². The highest BCUT2D eigenvalue weighted by Gasteiger charge is 2.16. The summed E-state index contributed by atoms with van der Waals surface area (Å²) in [6.45, 7) is 0.487. The standard InChI is InChI=1S/C22H19N5O2/c28-21(23-10-9-14-12-24-18-7-3-1-5-16(14)18)22-26-20(27-29-22)11-15-13-25-19-8-4-2-6-17(15)19/h1-8,12-13,24-25H,9-11H2,(H,23,28). The lowest BCUT2D eigenvalue weighted by Crippen LogP contribution is -2.26. The van der Waals surface area contributed by atoms with Crippen LogP contribution in [0.4, 0.5) is 0 Å². The Labute approximate surface area is 166 Å². The van der Waals surface area contributed by atoms with E-state index in [9.17, 15) is 4.79 Å². The highest BCUT2D eigenvalue weighted by molar-refractivity contribution is 5.89. The molecule has 144 valence electrons. The monoisotopic (exact) mass is 385 g/mol. The molecule has 0 fully saturated rings. The van der Waals surface area contributed by atoms with Crippen LogP contribution in [0.15, 0.2) is 65.4 Å². The van der Waals surface area contributed by atoms with Crippen LogP contribution in [0.1, 0.15) is 27.6 Å². The van der Waals surface area contributed by atoms with Crippen molar-refractivity contribution in [3.05, 3.63) is 83.8 Å². The topological polar surface area (TPSA) is 99.6 Å². The van der Waals surface area contributed by atoms with Gasteiger partial charge in [-0.2, -0.15) is 4.98 Å². The number of aromatic amines is 2. The van der Waals surface area contributed by atoms with Gasteiger partial charge in [-0.05, 0) is 29.7 Å². The zero-order valence-electron chi connectivity index (χ0n) is 15.6. The second-order valence-electron chi connectivity index (χ2n) is 6.92. The van der Waals surface area contributed by atoms with Crippen molar-refractivity contribution < 1.29 is 9.32 Å². The molecule has 0 bridgehead atoms. The summed E-state index contributed by atoms with van der Waals surface area (Å²) in [6, 6.07) is 16.1. The van der Waals surface area contributed by atoms with E-state index in [2.05, 4.69) is 31.5 Å². The number of carbonyl (C=O) groups excluding carboxylic acids is 1. The summed E-state index contributed by atoms with van der Waals surface area (Å²) < 4.78 is 5.16. The fourth-order valence-corrected chi connectivity index (χ4v) is 3.59. The molecule has 0 saturated heterocycles. The van der Waals surface area contributed by atoms with Crippen LogP contribution in [-0.2, 0) is 12.8 Å². The first-order chi connectivity index (χ1) is 14.3. The number of hydrogen-bond donors (Lipinski definition) is 3. The Morgan fingerprint density at radius 3 is 2.34 bits per heavy atom. The highest BCUT2D eigenvalue weighted by Crippen LogP contribution is 2.20. The van der Waals surface area contributed by atoms with Gasteiger partial charge in [-0.3, -0.25) is 4.79 Å². The van der Waals surface area contributed by atoms with Gasteiger partial charge in [0.25, 0.3) is 0 Å². The van der Waals surface area contributed by atoms with E-state index in [0.29, 0.717) is 25.2 Å². The van der Waals surface area contributed by atoms with E-state index in [1.54, 1.807) is 0 Å². The van der Waals surface area contributed by atoms with Gasteiger partial charge in [-0.15, -0.1) is 0 Å². The molecule has 3 N–H and O–H groups in total. The largest absolute Gasteiger partial charge is 0.361 e. The summed E-state index contributed by atoms with van der Waals surface area (Å²) in [5, 5.41) is 9.08. The molecule has 0 spiro atoms. The van der Waals surface area contributed by atoms with Crippen molar-refractivity contribution in [2.75, 3.05) is 6.54 Å². The second kappa shape index (κ2) is 7.27. The number of para-hydroxylation sites is 2. The molecule has 29 heavy (non-hydrogen) atoms. The fourth-order valence-electron chi connectivity index (χ4n) is 3.59. The molecule has 0 atom stereocenters. The zero-order chi connectivity index (χ0) is 19.6. The van der Waals surface area contributed by atoms with Crippen molar-refractivity contribution in [2.45, 2.75) is 12.8 Å². The van der Waals surface area contributed by atoms with Crippen molar-refractivity contribution >= 4 is 27.7 Å². The number of hydrogen-bond acceptors (Lipinski definition) is 4. The van der Waals surface area contributed by atoms with E-state index >= 15 is 0 Å². The number of nitrogens with one attached hydrogen (secondary N) is 3. The van der Waals surface area contributed by atoms with E-state index in [0.717, 1.165) is 27.5 Å². The molecule has 5 rings (SSSR count). The Morgan fingerprint density at radius 2 is 1.59 bits per heavy atom. The number of nitrogens with zero attached hydrogens (tertiary/aromatic N) is 2. The third kappa shape index (κ3) is 3.38. The van der Waals surface area contributed by atoms with Crippen molar-refractivity contribution in [3.8, 4) is 0 Å². The molecule has 5 aromatic rings. The Kier molecular flexibility index (Phi) is 4.32. The minimum Gasteiger partial charge on any atom is -0.361 e. The number of amides is 1. The third-order valence-corrected chi connectivity index (χ3v) is 5.04. The van der Waals surface area contributed by atoms with Crippen LogP contribution in [-0.4, -0.2) is 32.6 Å². The van der Waals surface area contributed by atoms with Crippen molar-refractivity contribution in [1.29, 1.82) is 0 Å². The van der Waals surface area contributed by atoms with Crippen LogP contribution in [0.5, 0.6) is 0 Å². The highest BCUT2D eigenvalue weighted by atomic mass is 16.5. The summed E-state index contributed by atoms with van der Waals surface area (Å²) in [5.74, 6) is 0.109. The first-order valence-corrected chi connectivity index (χ1v) is 9.49. The lowest BCUT2D eigenvalue weighted by molar-refractivity contribution is 0.0910. The molecule has 3 aromatic heterocycles. The molecule has 1 amide bonds. The van der Waals surface area contributed by atoms with Gasteiger partial charge in [0, 0.05) is 47.2 Å². The molecule has 2 aromatic carbocycles. The SMILES string of the molecule is O=C(NCCc1c[nH]c2ccccc12)c1nc(Cc2c[nH]c3ccccc23)no1. The van der Waals surface area contributed by atoms with E-state index in [1.807, 2.05) is 54.9 Å². The van der Waals surface area contributed by atoms with Crippen molar-refractivity contribution in [1.82, 2.24) is 25.4 Å². The van der Waals surface area contributed by atoms with Gasteiger partial charge in [0.2, 0.25) is 0 Å². The molecular weight excluding hydrogens is 366 g/mol. The lowest BCUT2D eigenvalue weighted by Gasteiger charge is -2.01. The minimum atomic E-state index is -0.359. The van der Waals surface area contributed by atoms with Gasteiger partial charge in [-0.25, -0.2) is 0 Å². The number of benzene rings is 2. The maximum absolute atomic E-state index is 12.3. The van der Waals surface area contributed by atoms with Crippen LogP contribution in [0.3, 0.4) is 0 Å². The second-order valence-corrected chi connectivity index (χ2v) is 6.92. The minimum absolute atomic E-state index is 0.0150. The molecule has 0 saturated carbocycles. The maximum atomic E-state index is 12.3. The predicted octanol–water partition coefficient (Wildman–Crippen LogP) is 3.60. The van der Waals surface area contributed by atoms with Crippen LogP contribution in [0, 0.1) is 0 Å². The van der Waals surface area contributed by atoms with Gasteiger partial charge < -0.3 is 19.8 Å². The summed E-state index contributed by atoms with van der Waals surface area (Å²) >= 11 is 0. The average molecular weight is 385 g/mol. The zero-order valence-corrected chi connectivity index (χ0v) is 15.6. The number of rotatable bonds is 6. The van der Waals surface area contributed by atoms with Crippen LogP contribution in [0.25, 0.3) is 21.8 Å². The van der Waals surface area contributed by atoms with Crippen molar-refractivity contribution in [3.63, 3.8) is 0 Å². The van der Waals surface area contributed by atoms with Gasteiger partial charge in [-0.1, -0.05) is 41.6 Å². The Morgan fingerprint density at radius 1 is 0.931 bits per heavy atom. The summed E-state index contributed by atoms with van der Waals surface area (Å²) in [4.78, 5) is 23.1. The lowest BCUT2D eigenvalue weighted by atomic mass is 10.1. The summed E-state index contributed by atoms with van der Waals surface area (Å²) in [5.41, 5.74) is 4.37. The molecule has 7 nitrogen and oxygen atoms in total. The first kappa shape index (κ1) is 17.2. The van der Waals surface area contributed by atoms with Gasteiger partial charge in [0.05, 0.1) is 0 Å². The molecular formula is C22H19N5O2. The van der Waals surface area contributed by atoms with Crippen LogP contribution < -0.4 is 5.32 Å². The normalized spacial score (nSPS) is 11.3. The molecule has 3 heterocycles. The van der Waals surface area contributed by atoms with E-state index in [1.165, 1.54) is 5.39 Å². The molecule has 0 aliphatic rings. The van der Waals surface area contributed by atoms with E-state index in [4.69, 9.17) is 4.52 Å². The Balaban J connectivity index is 1.21. The molecule has 7 heteroatoms. The number of fused-ring (bicyclic) bond motifs is 2. The van der Waals surface area contributed by atoms with E-state index in [-0.39, 0.29) is 11.8 Å². The Bertz CT molecular complexity index is 1300. The quantitative estimate of drug-likeness (QED) is 0.416. The maximum Gasteiger partial charge on any atom is 0.315 e. The van der Waals surface area contributed by atoms with Crippen LogP contribution >= 0.6 is 0 Å². The molecule has 0 unspecified atom stereocenters. The van der Waals surface area contributed by atoms with Gasteiger partial charge >= 0.3 is 11.8 Å². The number of H-pyrrole nitrogens is 2. The smallest absolute Gasteiger partial charge is 0.315 e. The first-order valence-electron chi connectivity index (χ1n) is 9.49. The summed E-state index contributed by atoms with van der Waals surface area (Å²) in [7, 11) is 0. The number of carbonyl (C=O) groups is 1.